The van der Waals surface area contributed by atoms with E-state index in [0.717, 1.165) is 27.8 Å². The van der Waals surface area contributed by atoms with E-state index in [1.54, 1.807) is 6.07 Å². The molecule has 0 radical (unpaired) electrons. The Balaban J connectivity index is 2.29. The van der Waals surface area contributed by atoms with Crippen LogP contribution < -0.4 is 0 Å². The minimum Gasteiger partial charge on any atom is -0.478 e. The Morgan fingerprint density at radius 1 is 1.00 bits per heavy atom. The van der Waals surface area contributed by atoms with Crippen LogP contribution in [-0.4, -0.2) is 16.3 Å². The average Bonchev–Trinajstić information content (AvgIpc) is 2.44. The number of rotatable bonds is 5. The van der Waals surface area contributed by atoms with Crippen molar-refractivity contribution in [2.24, 2.45) is 0 Å². The highest BCUT2D eigenvalue weighted by Gasteiger charge is 2.13. The molecule has 22 heavy (non-hydrogen) atoms. The molecule has 0 amide bonds. The Hall–Kier alpha value is -2.13. The first kappa shape index (κ1) is 16.2. The van der Waals surface area contributed by atoms with Crippen LogP contribution >= 0.6 is 11.6 Å². The van der Waals surface area contributed by atoms with E-state index in [1.807, 2.05) is 44.2 Å². The van der Waals surface area contributed by atoms with Gasteiger partial charge in [-0.25, -0.2) is 4.79 Å². The molecule has 0 heterocycles. The predicted molar refractivity (Wildman–Crippen MR) is 86.7 cm³/mol. The summed E-state index contributed by atoms with van der Waals surface area (Å²) in [4.78, 5) is 22.1. The zero-order chi connectivity index (χ0) is 16.3. The van der Waals surface area contributed by atoms with Crippen LogP contribution in [0, 0.1) is 13.8 Å². The largest absolute Gasteiger partial charge is 0.478 e. The molecule has 0 fully saturated rings. The highest BCUT2D eigenvalue weighted by Crippen LogP contribution is 2.22. The molecule has 0 aliphatic rings. The van der Waals surface area contributed by atoms with Gasteiger partial charge in [-0.2, -0.15) is 0 Å². The molecule has 0 saturated heterocycles. The lowest BCUT2D eigenvalue weighted by atomic mass is 9.92. The molecule has 0 atom stereocenters. The number of carbonyl (C=O) groups excluding carboxylic acids is 1. The summed E-state index contributed by atoms with van der Waals surface area (Å²) in [5.74, 6) is -0.908. The van der Waals surface area contributed by atoms with Gasteiger partial charge in [0.2, 0.25) is 5.24 Å². The van der Waals surface area contributed by atoms with Crippen molar-refractivity contribution < 1.29 is 14.7 Å². The van der Waals surface area contributed by atoms with Crippen molar-refractivity contribution >= 4 is 22.8 Å². The molecule has 0 aliphatic carbocycles. The van der Waals surface area contributed by atoms with Gasteiger partial charge in [-0.1, -0.05) is 30.3 Å². The molecule has 0 saturated carbocycles. The van der Waals surface area contributed by atoms with Gasteiger partial charge in [0.05, 0.1) is 5.56 Å². The van der Waals surface area contributed by atoms with Crippen molar-refractivity contribution in [3.63, 3.8) is 0 Å². The topological polar surface area (TPSA) is 54.4 Å². The van der Waals surface area contributed by atoms with E-state index >= 15 is 0 Å². The summed E-state index contributed by atoms with van der Waals surface area (Å²) in [5.41, 5.74) is 5.18. The van der Waals surface area contributed by atoms with E-state index in [0.29, 0.717) is 12.0 Å². The van der Waals surface area contributed by atoms with Gasteiger partial charge in [-0.05, 0) is 65.8 Å². The van der Waals surface area contributed by atoms with E-state index in [1.165, 1.54) is 0 Å². The number of hydrogen-bond acceptors (Lipinski definition) is 2. The summed E-state index contributed by atoms with van der Waals surface area (Å²) in [6.07, 6.45) is 0.877. The molecule has 0 unspecified atom stereocenters. The van der Waals surface area contributed by atoms with Crippen LogP contribution in [0.4, 0.5) is 0 Å². The molecular weight excluding hydrogens is 300 g/mol. The number of aryl methyl sites for hydroxylation is 1. The molecule has 4 heteroatoms. The van der Waals surface area contributed by atoms with E-state index in [-0.39, 0.29) is 11.7 Å². The first-order chi connectivity index (χ1) is 10.4. The zero-order valence-corrected chi connectivity index (χ0v) is 13.3. The number of carbonyl (C=O) groups is 2. The van der Waals surface area contributed by atoms with Gasteiger partial charge in [0, 0.05) is 6.42 Å². The fourth-order valence-corrected chi connectivity index (χ4v) is 2.69. The molecule has 114 valence electrons. The highest BCUT2D eigenvalue weighted by atomic mass is 35.5. The Morgan fingerprint density at radius 2 is 1.59 bits per heavy atom. The summed E-state index contributed by atoms with van der Waals surface area (Å²) in [7, 11) is 0. The second kappa shape index (κ2) is 6.75. The van der Waals surface area contributed by atoms with Gasteiger partial charge in [0.1, 0.15) is 0 Å². The second-order valence-electron chi connectivity index (χ2n) is 5.36. The summed E-state index contributed by atoms with van der Waals surface area (Å²) < 4.78 is 0. The lowest BCUT2D eigenvalue weighted by molar-refractivity contribution is -0.111. The van der Waals surface area contributed by atoms with Crippen LogP contribution in [0.3, 0.4) is 0 Å². The molecule has 0 aliphatic heterocycles. The first-order valence-electron chi connectivity index (χ1n) is 6.97. The maximum atomic E-state index is 11.2. The van der Waals surface area contributed by atoms with Gasteiger partial charge in [0.15, 0.2) is 0 Å². The third-order valence-electron chi connectivity index (χ3n) is 3.81. The average molecular weight is 317 g/mol. The molecule has 0 aromatic heterocycles. The Labute approximate surface area is 134 Å². The lowest BCUT2D eigenvalue weighted by Crippen LogP contribution is -2.05. The smallest absolute Gasteiger partial charge is 0.335 e. The van der Waals surface area contributed by atoms with E-state index in [2.05, 4.69) is 0 Å². The summed E-state index contributed by atoms with van der Waals surface area (Å²) >= 11 is 5.38. The van der Waals surface area contributed by atoms with Crippen molar-refractivity contribution in [3.8, 4) is 0 Å². The quantitative estimate of drug-likeness (QED) is 0.851. The standard InChI is InChI=1S/C18H17ClO3/c1-11-3-8-15(18(21)22)12(2)16(11)9-13-4-6-14(7-5-13)10-17(19)20/h3-8H,9-10H2,1-2H3,(H,21,22). The van der Waals surface area contributed by atoms with Gasteiger partial charge in [0.25, 0.3) is 0 Å². The molecule has 1 N–H and O–H groups in total. The Morgan fingerprint density at radius 3 is 2.14 bits per heavy atom. The molecular formula is C18H17ClO3. The number of carboxylic acid groups (broad SMARTS) is 1. The minimum atomic E-state index is -0.908. The van der Waals surface area contributed by atoms with E-state index < -0.39 is 5.97 Å². The molecule has 3 nitrogen and oxygen atoms in total. The summed E-state index contributed by atoms with van der Waals surface area (Å²) in [5, 5.41) is 8.84. The van der Waals surface area contributed by atoms with Crippen molar-refractivity contribution in [2.75, 3.05) is 0 Å². The van der Waals surface area contributed by atoms with Crippen LogP contribution in [-0.2, 0) is 17.6 Å². The number of aromatic carboxylic acids is 1. The van der Waals surface area contributed by atoms with Crippen molar-refractivity contribution in [2.45, 2.75) is 26.7 Å². The van der Waals surface area contributed by atoms with E-state index in [4.69, 9.17) is 11.6 Å². The van der Waals surface area contributed by atoms with Crippen LogP contribution in [0.2, 0.25) is 0 Å². The fraction of sp³-hybridized carbons (Fsp3) is 0.222. The van der Waals surface area contributed by atoms with Crippen LogP contribution in [0.15, 0.2) is 36.4 Å². The lowest BCUT2D eigenvalue weighted by Gasteiger charge is -2.13. The zero-order valence-electron chi connectivity index (χ0n) is 12.5. The number of benzene rings is 2. The molecule has 2 aromatic carbocycles. The SMILES string of the molecule is Cc1ccc(C(=O)O)c(C)c1Cc1ccc(CC(=O)Cl)cc1. The molecule has 2 aromatic rings. The molecule has 0 bridgehead atoms. The maximum absolute atomic E-state index is 11.2. The molecule has 2 rings (SSSR count). The Bertz CT molecular complexity index is 718. The van der Waals surface area contributed by atoms with Crippen molar-refractivity contribution in [3.05, 3.63) is 69.8 Å². The van der Waals surface area contributed by atoms with Gasteiger partial charge in [-0.15, -0.1) is 0 Å². The van der Waals surface area contributed by atoms with Crippen molar-refractivity contribution in [1.29, 1.82) is 0 Å². The number of carboxylic acids is 1. The normalized spacial score (nSPS) is 10.5. The summed E-state index contributed by atoms with van der Waals surface area (Å²) in [6, 6.07) is 11.1. The van der Waals surface area contributed by atoms with Crippen LogP contribution in [0.5, 0.6) is 0 Å². The Kier molecular flexibility index (Phi) is 4.99. The fourth-order valence-electron chi connectivity index (χ4n) is 2.54. The monoisotopic (exact) mass is 316 g/mol. The van der Waals surface area contributed by atoms with Gasteiger partial charge >= 0.3 is 5.97 Å². The minimum absolute atomic E-state index is 0.217. The maximum Gasteiger partial charge on any atom is 0.335 e. The molecule has 0 spiro atoms. The van der Waals surface area contributed by atoms with E-state index in [9.17, 15) is 14.7 Å². The second-order valence-corrected chi connectivity index (χ2v) is 5.79. The number of halogens is 1. The highest BCUT2D eigenvalue weighted by molar-refractivity contribution is 6.63. The van der Waals surface area contributed by atoms with Gasteiger partial charge in [-0.3, -0.25) is 4.79 Å². The third kappa shape index (κ3) is 3.74. The first-order valence-corrected chi connectivity index (χ1v) is 7.35. The third-order valence-corrected chi connectivity index (χ3v) is 3.94. The van der Waals surface area contributed by atoms with Crippen molar-refractivity contribution in [1.82, 2.24) is 0 Å². The number of hydrogen-bond donors (Lipinski definition) is 1. The summed E-state index contributed by atoms with van der Waals surface area (Å²) in [6.45, 7) is 3.82. The van der Waals surface area contributed by atoms with Crippen LogP contribution in [0.25, 0.3) is 0 Å². The van der Waals surface area contributed by atoms with Crippen LogP contribution in [0.1, 0.15) is 38.2 Å². The predicted octanol–water partition coefficient (Wildman–Crippen LogP) is 3.90. The van der Waals surface area contributed by atoms with Gasteiger partial charge < -0.3 is 5.11 Å².